The average Bonchev–Trinajstić information content (AvgIpc) is 3.20. The van der Waals surface area contributed by atoms with E-state index in [0.29, 0.717) is 34.1 Å². The summed E-state index contributed by atoms with van der Waals surface area (Å²) in [5, 5.41) is 2.85. The second-order valence-corrected chi connectivity index (χ2v) is 6.63. The fourth-order valence-electron chi connectivity index (χ4n) is 2.98. The zero-order valence-corrected chi connectivity index (χ0v) is 16.3. The summed E-state index contributed by atoms with van der Waals surface area (Å²) < 4.78 is 7.53. The molecule has 0 unspecified atom stereocenters. The molecule has 0 aliphatic heterocycles. The minimum absolute atomic E-state index is 0.179. The van der Waals surface area contributed by atoms with Gasteiger partial charge < -0.3 is 14.6 Å². The van der Waals surface area contributed by atoms with Crippen molar-refractivity contribution in [1.82, 2.24) is 9.55 Å². The van der Waals surface area contributed by atoms with Crippen molar-refractivity contribution < 1.29 is 14.3 Å². The topological polar surface area (TPSA) is 73.2 Å². The first-order valence-electron chi connectivity index (χ1n) is 9.37. The van der Waals surface area contributed by atoms with E-state index in [1.54, 1.807) is 66.5 Å². The zero-order chi connectivity index (χ0) is 20.9. The molecule has 0 bridgehead atoms. The molecule has 0 saturated carbocycles. The van der Waals surface area contributed by atoms with Crippen LogP contribution < -0.4 is 10.1 Å². The Morgan fingerprint density at radius 3 is 2.30 bits per heavy atom. The minimum Gasteiger partial charge on any atom is -0.457 e. The smallest absolute Gasteiger partial charge is 0.259 e. The highest BCUT2D eigenvalue weighted by molar-refractivity contribution is 6.08. The summed E-state index contributed by atoms with van der Waals surface area (Å²) >= 11 is 0. The lowest BCUT2D eigenvalue weighted by Gasteiger charge is -2.11. The molecule has 4 rings (SSSR count). The molecule has 0 saturated heterocycles. The highest BCUT2D eigenvalue weighted by atomic mass is 16.5. The number of hydrogen-bond donors (Lipinski definition) is 1. The van der Waals surface area contributed by atoms with E-state index in [1.807, 2.05) is 36.4 Å². The van der Waals surface area contributed by atoms with Crippen LogP contribution in [0, 0.1) is 0 Å². The fraction of sp³-hybridized carbons (Fsp3) is 0.0417. The maximum atomic E-state index is 12.8. The Balaban J connectivity index is 1.49. The highest BCUT2D eigenvalue weighted by Gasteiger charge is 2.15. The summed E-state index contributed by atoms with van der Waals surface area (Å²) in [6.45, 7) is 0. The Bertz CT molecular complexity index is 1180. The van der Waals surface area contributed by atoms with Gasteiger partial charge in [-0.15, -0.1) is 0 Å². The van der Waals surface area contributed by atoms with E-state index in [-0.39, 0.29) is 11.7 Å². The number of imidazole rings is 1. The van der Waals surface area contributed by atoms with Crippen LogP contribution in [0.1, 0.15) is 26.5 Å². The van der Waals surface area contributed by atoms with E-state index in [9.17, 15) is 9.59 Å². The van der Waals surface area contributed by atoms with Gasteiger partial charge in [0.15, 0.2) is 5.82 Å². The molecule has 1 N–H and O–H groups in total. The third kappa shape index (κ3) is 4.12. The van der Waals surface area contributed by atoms with Crippen LogP contribution in [0.5, 0.6) is 11.5 Å². The number of hydrogen-bond acceptors (Lipinski definition) is 4. The van der Waals surface area contributed by atoms with Crippen molar-refractivity contribution in [2.24, 2.45) is 7.05 Å². The van der Waals surface area contributed by atoms with Crippen LogP contribution in [0.4, 0.5) is 5.69 Å². The Labute approximate surface area is 173 Å². The van der Waals surface area contributed by atoms with Gasteiger partial charge in [-0.2, -0.15) is 0 Å². The third-order valence-electron chi connectivity index (χ3n) is 4.53. The molecule has 0 fully saturated rings. The number of aryl methyl sites for hydroxylation is 1. The van der Waals surface area contributed by atoms with Crippen molar-refractivity contribution in [3.05, 3.63) is 108 Å². The van der Waals surface area contributed by atoms with Crippen LogP contribution in [0.25, 0.3) is 0 Å². The molecule has 3 aromatic carbocycles. The number of amides is 1. The van der Waals surface area contributed by atoms with Gasteiger partial charge in [-0.3, -0.25) is 9.59 Å². The Morgan fingerprint density at radius 1 is 0.900 bits per heavy atom. The number of rotatable bonds is 6. The molecule has 0 aliphatic rings. The first-order chi connectivity index (χ1) is 14.6. The lowest BCUT2D eigenvalue weighted by Crippen LogP contribution is -2.13. The maximum Gasteiger partial charge on any atom is 0.259 e. The normalized spacial score (nSPS) is 10.4. The number of ketones is 1. The molecule has 1 aromatic heterocycles. The second-order valence-electron chi connectivity index (χ2n) is 6.63. The largest absolute Gasteiger partial charge is 0.457 e. The van der Waals surface area contributed by atoms with Gasteiger partial charge in [-0.05, 0) is 48.5 Å². The number of benzene rings is 3. The van der Waals surface area contributed by atoms with Crippen LogP contribution >= 0.6 is 0 Å². The minimum atomic E-state index is -0.301. The van der Waals surface area contributed by atoms with Crippen molar-refractivity contribution >= 4 is 17.4 Å². The monoisotopic (exact) mass is 397 g/mol. The van der Waals surface area contributed by atoms with Gasteiger partial charge in [-0.1, -0.05) is 30.3 Å². The summed E-state index contributed by atoms with van der Waals surface area (Å²) in [5.41, 5.74) is 1.48. The number of nitrogens with zero attached hydrogens (tertiary/aromatic N) is 2. The van der Waals surface area contributed by atoms with Crippen molar-refractivity contribution in [2.75, 3.05) is 5.32 Å². The summed E-state index contributed by atoms with van der Waals surface area (Å²) in [4.78, 5) is 29.4. The van der Waals surface area contributed by atoms with Gasteiger partial charge in [0, 0.05) is 30.7 Å². The van der Waals surface area contributed by atoms with Crippen molar-refractivity contribution in [3.8, 4) is 11.5 Å². The molecule has 30 heavy (non-hydrogen) atoms. The van der Waals surface area contributed by atoms with E-state index < -0.39 is 0 Å². The maximum absolute atomic E-state index is 12.8. The number of ether oxygens (including phenoxy) is 1. The van der Waals surface area contributed by atoms with Gasteiger partial charge in [0.25, 0.3) is 5.91 Å². The molecule has 148 valence electrons. The number of carbonyl (C=O) groups excluding carboxylic acids is 2. The quantitative estimate of drug-likeness (QED) is 0.479. The van der Waals surface area contributed by atoms with E-state index >= 15 is 0 Å². The third-order valence-corrected chi connectivity index (χ3v) is 4.53. The van der Waals surface area contributed by atoms with E-state index in [0.717, 1.165) is 0 Å². The van der Waals surface area contributed by atoms with Crippen LogP contribution in [-0.2, 0) is 7.05 Å². The van der Waals surface area contributed by atoms with Crippen molar-refractivity contribution in [1.29, 1.82) is 0 Å². The Kier molecular flexibility index (Phi) is 5.39. The molecule has 1 heterocycles. The predicted molar refractivity (Wildman–Crippen MR) is 114 cm³/mol. The molecular weight excluding hydrogens is 378 g/mol. The average molecular weight is 397 g/mol. The standard InChI is InChI=1S/C24H19N3O3/c1-27-16-15-25-23(27)22(28)17-11-13-18(14-12-17)26-24(29)20-9-5-6-10-21(20)30-19-7-3-2-4-8-19/h2-16H,1H3,(H,26,29). The summed E-state index contributed by atoms with van der Waals surface area (Å²) in [7, 11) is 1.77. The van der Waals surface area contributed by atoms with Crippen LogP contribution in [-0.4, -0.2) is 21.2 Å². The van der Waals surface area contributed by atoms with Crippen LogP contribution in [0.15, 0.2) is 91.3 Å². The molecule has 6 heteroatoms. The van der Waals surface area contributed by atoms with Gasteiger partial charge in [0.2, 0.25) is 5.78 Å². The molecule has 4 aromatic rings. The number of anilines is 1. The molecule has 0 atom stereocenters. The van der Waals surface area contributed by atoms with Gasteiger partial charge in [-0.25, -0.2) is 4.98 Å². The lowest BCUT2D eigenvalue weighted by atomic mass is 10.1. The first kappa shape index (κ1) is 19.1. The Hall–Kier alpha value is -4.19. The van der Waals surface area contributed by atoms with Crippen LogP contribution in [0.2, 0.25) is 0 Å². The molecule has 0 spiro atoms. The van der Waals surface area contributed by atoms with E-state index in [1.165, 1.54) is 0 Å². The number of carbonyl (C=O) groups is 2. The number of aromatic nitrogens is 2. The van der Waals surface area contributed by atoms with E-state index in [4.69, 9.17) is 4.74 Å². The first-order valence-corrected chi connectivity index (χ1v) is 9.37. The summed E-state index contributed by atoms with van der Waals surface area (Å²) in [6, 6.07) is 23.0. The SMILES string of the molecule is Cn1ccnc1C(=O)c1ccc(NC(=O)c2ccccc2Oc2ccccc2)cc1. The lowest BCUT2D eigenvalue weighted by molar-refractivity contribution is 0.101. The summed E-state index contributed by atoms with van der Waals surface area (Å²) in [6.07, 6.45) is 3.30. The van der Waals surface area contributed by atoms with Crippen LogP contribution in [0.3, 0.4) is 0 Å². The fourth-order valence-corrected chi connectivity index (χ4v) is 2.98. The highest BCUT2D eigenvalue weighted by Crippen LogP contribution is 2.26. The second kappa shape index (κ2) is 8.45. The van der Waals surface area contributed by atoms with E-state index in [2.05, 4.69) is 10.3 Å². The Morgan fingerprint density at radius 2 is 1.60 bits per heavy atom. The molecule has 6 nitrogen and oxygen atoms in total. The molecule has 0 aliphatic carbocycles. The molecule has 0 radical (unpaired) electrons. The number of para-hydroxylation sites is 2. The van der Waals surface area contributed by atoms with Crippen molar-refractivity contribution in [3.63, 3.8) is 0 Å². The number of nitrogens with one attached hydrogen (secondary N) is 1. The summed E-state index contributed by atoms with van der Waals surface area (Å²) in [5.74, 6) is 0.989. The van der Waals surface area contributed by atoms with Gasteiger partial charge >= 0.3 is 0 Å². The van der Waals surface area contributed by atoms with Gasteiger partial charge in [0.1, 0.15) is 11.5 Å². The molecular formula is C24H19N3O3. The van der Waals surface area contributed by atoms with Gasteiger partial charge in [0.05, 0.1) is 5.56 Å². The van der Waals surface area contributed by atoms with Crippen molar-refractivity contribution in [2.45, 2.75) is 0 Å². The molecule has 1 amide bonds. The zero-order valence-electron chi connectivity index (χ0n) is 16.3. The predicted octanol–water partition coefficient (Wildman–Crippen LogP) is 4.70.